The zero-order valence-electron chi connectivity index (χ0n) is 14.8. The highest BCUT2D eigenvalue weighted by Gasteiger charge is 2.23. The number of aromatic nitrogens is 4. The van der Waals surface area contributed by atoms with Crippen LogP contribution in [-0.2, 0) is 9.84 Å². The van der Waals surface area contributed by atoms with E-state index >= 15 is 0 Å². The standard InChI is InChI=1S/C18H13ClN4O5S/c1-28-11-3-2-4-12(5-11)29(26,27)16-7-15-14(6-13(16)19)21-18(22-15)23-9-10(8-20-23)17(24)25/h2-9H,1H3,(H,21,22)(H,24,25). The molecule has 0 aliphatic heterocycles. The molecule has 11 heteroatoms. The summed E-state index contributed by atoms with van der Waals surface area (Å²) in [5.41, 5.74) is 0.796. The van der Waals surface area contributed by atoms with Crippen LogP contribution in [0.3, 0.4) is 0 Å². The van der Waals surface area contributed by atoms with Crippen molar-refractivity contribution in [1.29, 1.82) is 0 Å². The Bertz CT molecular complexity index is 1360. The van der Waals surface area contributed by atoms with Gasteiger partial charge in [0.05, 0.1) is 44.7 Å². The van der Waals surface area contributed by atoms with E-state index in [4.69, 9.17) is 21.4 Å². The average molecular weight is 433 g/mol. The van der Waals surface area contributed by atoms with Crippen molar-refractivity contribution < 1.29 is 23.1 Å². The maximum atomic E-state index is 13.1. The topological polar surface area (TPSA) is 127 Å². The van der Waals surface area contributed by atoms with Gasteiger partial charge in [-0.15, -0.1) is 0 Å². The predicted octanol–water partition coefficient (Wildman–Crippen LogP) is 2.94. The normalized spacial score (nSPS) is 11.7. The number of aromatic amines is 1. The molecule has 0 fully saturated rings. The molecule has 148 valence electrons. The van der Waals surface area contributed by atoms with Crippen LogP contribution in [0.2, 0.25) is 5.02 Å². The number of carbonyl (C=O) groups is 1. The molecule has 4 rings (SSSR count). The van der Waals surface area contributed by atoms with Gasteiger partial charge in [0, 0.05) is 6.20 Å². The molecule has 2 aromatic carbocycles. The van der Waals surface area contributed by atoms with Gasteiger partial charge in [0.25, 0.3) is 0 Å². The van der Waals surface area contributed by atoms with E-state index in [0.717, 1.165) is 0 Å². The molecule has 0 saturated carbocycles. The predicted molar refractivity (Wildman–Crippen MR) is 104 cm³/mol. The number of methoxy groups -OCH3 is 1. The van der Waals surface area contributed by atoms with Gasteiger partial charge in [-0.2, -0.15) is 5.10 Å². The Kier molecular flexibility index (Phi) is 4.52. The molecule has 0 amide bonds. The number of H-pyrrole nitrogens is 1. The average Bonchev–Trinajstić information content (AvgIpc) is 3.34. The first-order valence-corrected chi connectivity index (χ1v) is 10.0. The molecule has 0 spiro atoms. The molecular weight excluding hydrogens is 420 g/mol. The van der Waals surface area contributed by atoms with Gasteiger partial charge < -0.3 is 14.8 Å². The summed E-state index contributed by atoms with van der Waals surface area (Å²) >= 11 is 6.25. The monoisotopic (exact) mass is 432 g/mol. The number of halogens is 1. The Morgan fingerprint density at radius 2 is 2.07 bits per heavy atom. The number of ether oxygens (including phenoxy) is 1. The number of aromatic carboxylic acids is 1. The number of hydrogen-bond acceptors (Lipinski definition) is 6. The van der Waals surface area contributed by atoms with Crippen LogP contribution in [0.1, 0.15) is 10.4 Å². The van der Waals surface area contributed by atoms with Crippen LogP contribution < -0.4 is 4.74 Å². The molecule has 0 saturated heterocycles. The number of imidazole rings is 1. The number of carboxylic acids is 1. The summed E-state index contributed by atoms with van der Waals surface area (Å²) < 4.78 is 32.5. The van der Waals surface area contributed by atoms with Crippen molar-refractivity contribution in [2.45, 2.75) is 9.79 Å². The summed E-state index contributed by atoms with van der Waals surface area (Å²) in [7, 11) is -2.47. The van der Waals surface area contributed by atoms with Gasteiger partial charge >= 0.3 is 5.97 Å². The smallest absolute Gasteiger partial charge is 0.338 e. The molecule has 0 atom stereocenters. The summed E-state index contributed by atoms with van der Waals surface area (Å²) in [6.45, 7) is 0. The van der Waals surface area contributed by atoms with E-state index in [9.17, 15) is 13.2 Å². The maximum absolute atomic E-state index is 13.1. The molecule has 0 bridgehead atoms. The highest BCUT2D eigenvalue weighted by Crippen LogP contribution is 2.32. The van der Waals surface area contributed by atoms with E-state index in [-0.39, 0.29) is 26.3 Å². The van der Waals surface area contributed by atoms with E-state index in [1.54, 1.807) is 12.1 Å². The number of benzene rings is 2. The summed E-state index contributed by atoms with van der Waals surface area (Å²) in [6.07, 6.45) is 2.47. The first-order chi connectivity index (χ1) is 13.8. The van der Waals surface area contributed by atoms with Gasteiger partial charge in [-0.05, 0) is 30.3 Å². The first kappa shape index (κ1) is 19.0. The van der Waals surface area contributed by atoms with E-state index < -0.39 is 15.8 Å². The van der Waals surface area contributed by atoms with Gasteiger partial charge in [-0.3, -0.25) is 0 Å². The van der Waals surface area contributed by atoms with Crippen molar-refractivity contribution in [2.75, 3.05) is 7.11 Å². The second-order valence-electron chi connectivity index (χ2n) is 6.02. The number of fused-ring (bicyclic) bond motifs is 1. The lowest BCUT2D eigenvalue weighted by Gasteiger charge is -2.08. The summed E-state index contributed by atoms with van der Waals surface area (Å²) in [4.78, 5) is 18.2. The van der Waals surface area contributed by atoms with Crippen LogP contribution in [0, 0.1) is 0 Å². The van der Waals surface area contributed by atoms with Crippen molar-refractivity contribution in [2.24, 2.45) is 0 Å². The highest BCUT2D eigenvalue weighted by atomic mass is 35.5. The second kappa shape index (κ2) is 6.90. The molecule has 0 aliphatic carbocycles. The van der Waals surface area contributed by atoms with Crippen molar-refractivity contribution in [1.82, 2.24) is 19.7 Å². The number of nitrogens with zero attached hydrogens (tertiary/aromatic N) is 3. The summed E-state index contributed by atoms with van der Waals surface area (Å²) in [6, 6.07) is 8.88. The fourth-order valence-corrected chi connectivity index (χ4v) is 4.59. The fourth-order valence-electron chi connectivity index (χ4n) is 2.76. The maximum Gasteiger partial charge on any atom is 0.338 e. The third-order valence-corrected chi connectivity index (χ3v) is 6.43. The minimum atomic E-state index is -3.92. The third-order valence-electron chi connectivity index (χ3n) is 4.21. The Hall–Kier alpha value is -3.37. The third kappa shape index (κ3) is 3.32. The van der Waals surface area contributed by atoms with Gasteiger partial charge in [0.15, 0.2) is 0 Å². The SMILES string of the molecule is COc1cccc(S(=O)(=O)c2cc3[nH]c(-n4cc(C(=O)O)cn4)nc3cc2Cl)c1. The molecular formula is C18H13ClN4O5S. The Morgan fingerprint density at radius 3 is 2.76 bits per heavy atom. The Morgan fingerprint density at radius 1 is 1.28 bits per heavy atom. The number of rotatable bonds is 5. The highest BCUT2D eigenvalue weighted by molar-refractivity contribution is 7.91. The van der Waals surface area contributed by atoms with E-state index in [2.05, 4.69) is 15.1 Å². The lowest BCUT2D eigenvalue weighted by molar-refractivity contribution is 0.0697. The van der Waals surface area contributed by atoms with E-state index in [0.29, 0.717) is 16.8 Å². The summed E-state index contributed by atoms with van der Waals surface area (Å²) in [5.74, 6) is -0.499. The van der Waals surface area contributed by atoms with Crippen LogP contribution in [0.5, 0.6) is 5.75 Å². The van der Waals surface area contributed by atoms with Crippen molar-refractivity contribution in [3.05, 3.63) is 59.4 Å². The van der Waals surface area contributed by atoms with Crippen molar-refractivity contribution in [3.8, 4) is 11.7 Å². The van der Waals surface area contributed by atoms with Gasteiger partial charge in [-0.25, -0.2) is 22.9 Å². The molecule has 2 N–H and O–H groups in total. The molecule has 9 nitrogen and oxygen atoms in total. The minimum Gasteiger partial charge on any atom is -0.497 e. The number of carboxylic acid groups (broad SMARTS) is 1. The van der Waals surface area contributed by atoms with Crippen LogP contribution in [0.4, 0.5) is 0 Å². The van der Waals surface area contributed by atoms with Gasteiger partial charge in [0.1, 0.15) is 5.75 Å². The lowest BCUT2D eigenvalue weighted by Crippen LogP contribution is -2.03. The number of hydrogen-bond donors (Lipinski definition) is 2. The fraction of sp³-hybridized carbons (Fsp3) is 0.0556. The summed E-state index contributed by atoms with van der Waals surface area (Å²) in [5, 5.41) is 13.0. The number of sulfone groups is 1. The largest absolute Gasteiger partial charge is 0.497 e. The van der Waals surface area contributed by atoms with Crippen LogP contribution in [-0.4, -0.2) is 46.4 Å². The van der Waals surface area contributed by atoms with Gasteiger partial charge in [0.2, 0.25) is 15.8 Å². The molecule has 0 aliphatic rings. The van der Waals surface area contributed by atoms with E-state index in [1.807, 2.05) is 0 Å². The first-order valence-electron chi connectivity index (χ1n) is 8.16. The molecule has 4 aromatic rings. The quantitative estimate of drug-likeness (QED) is 0.496. The van der Waals surface area contributed by atoms with Crippen molar-refractivity contribution in [3.63, 3.8) is 0 Å². The molecule has 0 unspecified atom stereocenters. The van der Waals surface area contributed by atoms with Gasteiger partial charge in [-0.1, -0.05) is 17.7 Å². The number of nitrogens with one attached hydrogen (secondary N) is 1. The molecule has 29 heavy (non-hydrogen) atoms. The molecule has 0 radical (unpaired) electrons. The lowest BCUT2D eigenvalue weighted by atomic mass is 10.3. The van der Waals surface area contributed by atoms with Crippen molar-refractivity contribution >= 4 is 38.4 Å². The zero-order chi connectivity index (χ0) is 20.8. The molecule has 2 aromatic heterocycles. The minimum absolute atomic E-state index is 0.00469. The van der Waals surface area contributed by atoms with Crippen LogP contribution in [0.15, 0.2) is 58.6 Å². The van der Waals surface area contributed by atoms with Crippen LogP contribution in [0.25, 0.3) is 17.0 Å². The second-order valence-corrected chi connectivity index (χ2v) is 8.35. The Balaban J connectivity index is 1.81. The zero-order valence-corrected chi connectivity index (χ0v) is 16.4. The molecule has 2 heterocycles. The van der Waals surface area contributed by atoms with E-state index in [1.165, 1.54) is 48.5 Å². The van der Waals surface area contributed by atoms with Crippen LogP contribution >= 0.6 is 11.6 Å². The Labute approximate surface area is 169 Å².